The molecule has 1 aromatic rings. The highest BCUT2D eigenvalue weighted by Crippen LogP contribution is 2.32. The maximum atomic E-state index is 12.1. The molecule has 24 heavy (non-hydrogen) atoms. The fourth-order valence-corrected chi connectivity index (χ4v) is 4.03. The number of phenols is 1. The van der Waals surface area contributed by atoms with Gasteiger partial charge in [0.1, 0.15) is 11.3 Å². The minimum atomic E-state index is -0.734. The second-order valence-corrected chi connectivity index (χ2v) is 7.74. The maximum absolute atomic E-state index is 12.1. The first-order valence-electron chi connectivity index (χ1n) is 8.12. The van der Waals surface area contributed by atoms with Gasteiger partial charge in [-0.1, -0.05) is 48.0 Å². The van der Waals surface area contributed by atoms with Crippen LogP contribution in [-0.4, -0.2) is 29.6 Å². The van der Waals surface area contributed by atoms with Gasteiger partial charge >= 0.3 is 5.97 Å². The van der Waals surface area contributed by atoms with Gasteiger partial charge in [-0.15, -0.1) is 0 Å². The Bertz CT molecular complexity index is 598. The molecule has 0 heterocycles. The third-order valence-corrected chi connectivity index (χ3v) is 5.12. The Morgan fingerprint density at radius 1 is 1.12 bits per heavy atom. The Balaban J connectivity index is 1.86. The molecule has 1 saturated carbocycles. The third kappa shape index (κ3) is 5.77. The Morgan fingerprint density at radius 2 is 1.75 bits per heavy atom. The van der Waals surface area contributed by atoms with Gasteiger partial charge in [-0.2, -0.15) is 0 Å². The quantitative estimate of drug-likeness (QED) is 0.654. The summed E-state index contributed by atoms with van der Waals surface area (Å²) < 4.78 is 6.03. The Hall–Kier alpha value is -1.08. The average molecular weight is 463 g/mol. The molecule has 0 radical (unpaired) electrons. The normalized spacial score (nSPS) is 16.1. The number of benzene rings is 1. The molecule has 132 valence electrons. The molecule has 2 rings (SSSR count). The number of esters is 1. The van der Waals surface area contributed by atoms with Gasteiger partial charge in [0.05, 0.1) is 4.47 Å². The zero-order valence-corrected chi connectivity index (χ0v) is 16.5. The van der Waals surface area contributed by atoms with Crippen LogP contribution in [0.4, 0.5) is 0 Å². The molecule has 0 atom stereocenters. The van der Waals surface area contributed by atoms with E-state index in [4.69, 9.17) is 4.74 Å². The van der Waals surface area contributed by atoms with Crippen molar-refractivity contribution in [2.24, 2.45) is 0 Å². The standard InChI is InChI=1S/C17H21Br2NO4/c18-11-8-13(16(22)14(19)9-11)17(23)24-10-15(21)20-12-6-4-2-1-3-5-7-12/h8-9,12,22H,1-7,10H2,(H,20,21). The van der Waals surface area contributed by atoms with Gasteiger partial charge in [-0.25, -0.2) is 4.79 Å². The summed E-state index contributed by atoms with van der Waals surface area (Å²) in [5.41, 5.74) is 0.00926. The largest absolute Gasteiger partial charge is 0.506 e. The number of nitrogens with one attached hydrogen (secondary N) is 1. The molecule has 0 unspecified atom stereocenters. The van der Waals surface area contributed by atoms with Crippen molar-refractivity contribution in [1.82, 2.24) is 5.32 Å². The number of aromatic hydroxyl groups is 1. The molecule has 1 aliphatic carbocycles. The lowest BCUT2D eigenvalue weighted by molar-refractivity contribution is -0.125. The summed E-state index contributed by atoms with van der Waals surface area (Å²) in [5, 5.41) is 12.8. The van der Waals surface area contributed by atoms with Crippen molar-refractivity contribution in [3.63, 3.8) is 0 Å². The summed E-state index contributed by atoms with van der Waals surface area (Å²) in [7, 11) is 0. The van der Waals surface area contributed by atoms with Gasteiger partial charge < -0.3 is 15.2 Å². The van der Waals surface area contributed by atoms with Gasteiger partial charge in [-0.3, -0.25) is 4.79 Å². The molecule has 1 aliphatic rings. The third-order valence-electron chi connectivity index (χ3n) is 4.05. The lowest BCUT2D eigenvalue weighted by Crippen LogP contribution is -2.38. The summed E-state index contributed by atoms with van der Waals surface area (Å²) in [5.74, 6) is -1.24. The summed E-state index contributed by atoms with van der Waals surface area (Å²) in [4.78, 5) is 24.1. The molecule has 0 aliphatic heterocycles. The smallest absolute Gasteiger partial charge is 0.342 e. The predicted molar refractivity (Wildman–Crippen MR) is 98.0 cm³/mol. The second kappa shape index (κ2) is 9.42. The molecule has 2 N–H and O–H groups in total. The van der Waals surface area contributed by atoms with Crippen LogP contribution >= 0.6 is 31.9 Å². The molecular weight excluding hydrogens is 442 g/mol. The van der Waals surface area contributed by atoms with E-state index in [2.05, 4.69) is 37.2 Å². The summed E-state index contributed by atoms with van der Waals surface area (Å²) >= 11 is 6.40. The van der Waals surface area contributed by atoms with Crippen LogP contribution in [0.5, 0.6) is 5.75 Å². The van der Waals surface area contributed by atoms with E-state index in [0.29, 0.717) is 8.95 Å². The highest BCUT2D eigenvalue weighted by Gasteiger charge is 2.19. The molecule has 1 amide bonds. The number of carbonyl (C=O) groups is 2. The van der Waals surface area contributed by atoms with Gasteiger partial charge in [0.2, 0.25) is 0 Å². The number of ether oxygens (including phenoxy) is 1. The number of rotatable bonds is 4. The van der Waals surface area contributed by atoms with Crippen LogP contribution in [0, 0.1) is 0 Å². The first kappa shape index (κ1) is 19.2. The van der Waals surface area contributed by atoms with E-state index in [1.807, 2.05) is 0 Å². The highest BCUT2D eigenvalue weighted by molar-refractivity contribution is 9.11. The molecule has 0 bridgehead atoms. The zero-order valence-electron chi connectivity index (χ0n) is 13.3. The topological polar surface area (TPSA) is 75.6 Å². The molecule has 1 aromatic carbocycles. The maximum Gasteiger partial charge on any atom is 0.342 e. The van der Waals surface area contributed by atoms with Crippen LogP contribution in [0.1, 0.15) is 55.3 Å². The number of phenolic OH excluding ortho intramolecular Hbond substituents is 1. The molecule has 5 nitrogen and oxygen atoms in total. The summed E-state index contributed by atoms with van der Waals surface area (Å²) in [6.45, 7) is -0.348. The predicted octanol–water partition coefficient (Wildman–Crippen LogP) is 4.30. The van der Waals surface area contributed by atoms with E-state index < -0.39 is 5.97 Å². The molecule has 1 fully saturated rings. The van der Waals surface area contributed by atoms with E-state index in [0.717, 1.165) is 25.7 Å². The van der Waals surface area contributed by atoms with E-state index in [1.165, 1.54) is 25.3 Å². The van der Waals surface area contributed by atoms with Crippen LogP contribution in [-0.2, 0) is 9.53 Å². The van der Waals surface area contributed by atoms with E-state index in [1.54, 1.807) is 6.07 Å². The summed E-state index contributed by atoms with van der Waals surface area (Å²) in [6, 6.07) is 3.23. The monoisotopic (exact) mass is 461 g/mol. The van der Waals surface area contributed by atoms with Gasteiger partial charge in [0.25, 0.3) is 5.91 Å². The number of hydrogen-bond donors (Lipinski definition) is 2. The van der Waals surface area contributed by atoms with Crippen LogP contribution in [0.2, 0.25) is 0 Å². The number of halogens is 2. The van der Waals surface area contributed by atoms with Crippen LogP contribution in [0.15, 0.2) is 21.1 Å². The lowest BCUT2D eigenvalue weighted by Gasteiger charge is -2.21. The number of amides is 1. The highest BCUT2D eigenvalue weighted by atomic mass is 79.9. The lowest BCUT2D eigenvalue weighted by atomic mass is 9.97. The van der Waals surface area contributed by atoms with Crippen molar-refractivity contribution in [2.45, 2.75) is 51.0 Å². The molecule has 0 aromatic heterocycles. The van der Waals surface area contributed by atoms with Gasteiger partial charge in [0.15, 0.2) is 6.61 Å². The first-order chi connectivity index (χ1) is 11.5. The summed E-state index contributed by atoms with van der Waals surface area (Å²) in [6.07, 6.45) is 7.86. The van der Waals surface area contributed by atoms with E-state index in [9.17, 15) is 14.7 Å². The number of hydrogen-bond acceptors (Lipinski definition) is 4. The SMILES string of the molecule is O=C(COC(=O)c1cc(Br)cc(Br)c1O)NC1CCCCCCC1. The molecule has 0 saturated heterocycles. The van der Waals surface area contributed by atoms with E-state index in [-0.39, 0.29) is 29.9 Å². The van der Waals surface area contributed by atoms with Crippen LogP contribution < -0.4 is 5.32 Å². The zero-order chi connectivity index (χ0) is 17.5. The minimum absolute atomic E-state index is 0.00926. The van der Waals surface area contributed by atoms with E-state index >= 15 is 0 Å². The van der Waals surface area contributed by atoms with Crippen molar-refractivity contribution >= 4 is 43.7 Å². The fraction of sp³-hybridized carbons (Fsp3) is 0.529. The van der Waals surface area contributed by atoms with Crippen molar-refractivity contribution in [3.05, 3.63) is 26.6 Å². The molecular formula is C17H21Br2NO4. The minimum Gasteiger partial charge on any atom is -0.506 e. The van der Waals surface area contributed by atoms with Crippen molar-refractivity contribution in [2.75, 3.05) is 6.61 Å². The Labute approximate surface area is 158 Å². The Kier molecular flexibility index (Phi) is 7.55. The average Bonchev–Trinajstić information content (AvgIpc) is 2.51. The molecule has 0 spiro atoms. The van der Waals surface area contributed by atoms with Crippen molar-refractivity contribution in [1.29, 1.82) is 0 Å². The van der Waals surface area contributed by atoms with Crippen molar-refractivity contribution < 1.29 is 19.4 Å². The molecule has 7 heteroatoms. The fourth-order valence-electron chi connectivity index (χ4n) is 2.80. The van der Waals surface area contributed by atoms with Gasteiger partial charge in [0, 0.05) is 10.5 Å². The van der Waals surface area contributed by atoms with Gasteiger partial charge in [-0.05, 0) is 40.9 Å². The van der Waals surface area contributed by atoms with Crippen LogP contribution in [0.25, 0.3) is 0 Å². The second-order valence-electron chi connectivity index (χ2n) is 5.97. The van der Waals surface area contributed by atoms with Crippen LogP contribution in [0.3, 0.4) is 0 Å². The van der Waals surface area contributed by atoms with Crippen molar-refractivity contribution in [3.8, 4) is 5.75 Å². The first-order valence-corrected chi connectivity index (χ1v) is 9.70. The Morgan fingerprint density at radius 3 is 2.42 bits per heavy atom. The number of carbonyl (C=O) groups excluding carboxylic acids is 2.